The van der Waals surface area contributed by atoms with Gasteiger partial charge in [0.25, 0.3) is 0 Å². The third-order valence-electron chi connectivity index (χ3n) is 1.12. The van der Waals surface area contributed by atoms with Gasteiger partial charge in [-0.3, -0.25) is 0 Å². The number of allylic oxidation sites excluding steroid dienone is 1. The molecule has 0 unspecified atom stereocenters. The van der Waals surface area contributed by atoms with E-state index in [-0.39, 0.29) is 17.9 Å². The Labute approximate surface area is 75.8 Å². The summed E-state index contributed by atoms with van der Waals surface area (Å²) in [6, 6.07) is 3.07. The Hall–Kier alpha value is -2.01. The maximum absolute atomic E-state index is 11.0. The lowest BCUT2D eigenvalue weighted by Crippen LogP contribution is -2.11. The first-order chi connectivity index (χ1) is 6.21. The Morgan fingerprint density at radius 2 is 1.92 bits per heavy atom. The SMILES string of the molecule is CCOC(=O)C(OC)=C(C#N)C#N. The average molecular weight is 180 g/mol. The molecule has 68 valence electrons. The second kappa shape index (κ2) is 5.62. The summed E-state index contributed by atoms with van der Waals surface area (Å²) >= 11 is 0. The van der Waals surface area contributed by atoms with E-state index in [4.69, 9.17) is 10.5 Å². The molecule has 0 rings (SSSR count). The Bertz CT molecular complexity index is 290. The Balaban J connectivity index is 4.91. The standard InChI is InChI=1S/C8H8N2O3/c1-3-13-8(11)7(12-2)6(4-9)5-10/h3H2,1-2H3. The van der Waals surface area contributed by atoms with E-state index in [1.807, 2.05) is 0 Å². The van der Waals surface area contributed by atoms with Crippen LogP contribution in [-0.2, 0) is 14.3 Å². The van der Waals surface area contributed by atoms with Crippen LogP contribution in [0, 0.1) is 22.7 Å². The summed E-state index contributed by atoms with van der Waals surface area (Å²) in [4.78, 5) is 11.0. The highest BCUT2D eigenvalue weighted by molar-refractivity contribution is 5.88. The molecule has 0 radical (unpaired) electrons. The topological polar surface area (TPSA) is 83.1 Å². The number of nitriles is 2. The van der Waals surface area contributed by atoms with Crippen LogP contribution in [0.15, 0.2) is 11.3 Å². The van der Waals surface area contributed by atoms with Crippen LogP contribution in [0.2, 0.25) is 0 Å². The van der Waals surface area contributed by atoms with Gasteiger partial charge >= 0.3 is 5.97 Å². The van der Waals surface area contributed by atoms with Crippen molar-refractivity contribution in [1.29, 1.82) is 10.5 Å². The number of carbonyl (C=O) groups is 1. The monoisotopic (exact) mass is 180 g/mol. The van der Waals surface area contributed by atoms with Gasteiger partial charge in [0.15, 0.2) is 5.57 Å². The van der Waals surface area contributed by atoms with E-state index in [1.165, 1.54) is 19.2 Å². The minimum atomic E-state index is -0.803. The first-order valence-corrected chi connectivity index (χ1v) is 3.46. The van der Waals surface area contributed by atoms with Gasteiger partial charge < -0.3 is 9.47 Å². The number of carbonyl (C=O) groups excluding carboxylic acids is 1. The molecule has 0 bridgehead atoms. The molecule has 0 aliphatic rings. The fourth-order valence-corrected chi connectivity index (χ4v) is 0.611. The fraction of sp³-hybridized carbons (Fsp3) is 0.375. The van der Waals surface area contributed by atoms with Gasteiger partial charge in [0.05, 0.1) is 13.7 Å². The van der Waals surface area contributed by atoms with Crippen LogP contribution in [0.3, 0.4) is 0 Å². The van der Waals surface area contributed by atoms with Gasteiger partial charge in [0.1, 0.15) is 12.1 Å². The van der Waals surface area contributed by atoms with Crippen LogP contribution in [0.5, 0.6) is 0 Å². The molecule has 0 aromatic rings. The zero-order valence-electron chi connectivity index (χ0n) is 7.33. The third kappa shape index (κ3) is 2.84. The van der Waals surface area contributed by atoms with Crippen molar-refractivity contribution in [3.05, 3.63) is 11.3 Å². The van der Waals surface area contributed by atoms with E-state index in [9.17, 15) is 4.79 Å². The van der Waals surface area contributed by atoms with Crippen molar-refractivity contribution >= 4 is 5.97 Å². The van der Waals surface area contributed by atoms with E-state index in [0.717, 1.165) is 0 Å². The molecule has 0 fully saturated rings. The molecule has 0 aromatic carbocycles. The number of hydrogen-bond donors (Lipinski definition) is 0. The van der Waals surface area contributed by atoms with E-state index < -0.39 is 5.97 Å². The lowest BCUT2D eigenvalue weighted by atomic mass is 10.3. The van der Waals surface area contributed by atoms with Crippen LogP contribution >= 0.6 is 0 Å². The zero-order chi connectivity index (χ0) is 10.3. The maximum Gasteiger partial charge on any atom is 0.375 e. The number of esters is 1. The van der Waals surface area contributed by atoms with Gasteiger partial charge in [-0.15, -0.1) is 0 Å². The normalized spacial score (nSPS) is 7.69. The van der Waals surface area contributed by atoms with E-state index in [2.05, 4.69) is 9.47 Å². The Morgan fingerprint density at radius 3 is 2.23 bits per heavy atom. The first kappa shape index (κ1) is 11.0. The van der Waals surface area contributed by atoms with Crippen molar-refractivity contribution in [2.75, 3.05) is 13.7 Å². The Morgan fingerprint density at radius 1 is 1.38 bits per heavy atom. The summed E-state index contributed by atoms with van der Waals surface area (Å²) in [6.45, 7) is 1.78. The van der Waals surface area contributed by atoms with Gasteiger partial charge in [-0.05, 0) is 6.92 Å². The molecule has 0 atom stereocenters. The molecule has 0 aromatic heterocycles. The Kier molecular flexibility index (Phi) is 4.75. The maximum atomic E-state index is 11.0. The molecule has 0 saturated heterocycles. The molecular weight excluding hydrogens is 172 g/mol. The molecule has 5 heteroatoms. The van der Waals surface area contributed by atoms with Crippen LogP contribution in [0.4, 0.5) is 0 Å². The van der Waals surface area contributed by atoms with Gasteiger partial charge in [-0.25, -0.2) is 4.79 Å². The summed E-state index contributed by atoms with van der Waals surface area (Å²) in [5, 5.41) is 16.9. The fourth-order valence-electron chi connectivity index (χ4n) is 0.611. The van der Waals surface area contributed by atoms with Gasteiger partial charge in [0, 0.05) is 0 Å². The van der Waals surface area contributed by atoms with Crippen molar-refractivity contribution in [1.82, 2.24) is 0 Å². The van der Waals surface area contributed by atoms with E-state index in [1.54, 1.807) is 6.92 Å². The molecule has 0 aliphatic heterocycles. The zero-order valence-corrected chi connectivity index (χ0v) is 7.33. The number of rotatable bonds is 3. The molecular formula is C8H8N2O3. The molecule has 0 aliphatic carbocycles. The first-order valence-electron chi connectivity index (χ1n) is 3.46. The van der Waals surface area contributed by atoms with Gasteiger partial charge in [-0.2, -0.15) is 10.5 Å². The van der Waals surface area contributed by atoms with Gasteiger partial charge in [0.2, 0.25) is 5.76 Å². The van der Waals surface area contributed by atoms with Crippen molar-refractivity contribution in [2.24, 2.45) is 0 Å². The molecule has 0 amide bonds. The molecule has 5 nitrogen and oxygen atoms in total. The van der Waals surface area contributed by atoms with Crippen molar-refractivity contribution < 1.29 is 14.3 Å². The van der Waals surface area contributed by atoms with Gasteiger partial charge in [-0.1, -0.05) is 0 Å². The molecule has 0 heterocycles. The largest absolute Gasteiger partial charge is 0.488 e. The molecule has 13 heavy (non-hydrogen) atoms. The summed E-state index contributed by atoms with van der Waals surface area (Å²) < 4.78 is 9.12. The lowest BCUT2D eigenvalue weighted by molar-refractivity contribution is -0.142. The average Bonchev–Trinajstić information content (AvgIpc) is 2.14. The minimum Gasteiger partial charge on any atom is -0.488 e. The van der Waals surface area contributed by atoms with Crippen molar-refractivity contribution in [2.45, 2.75) is 6.92 Å². The summed E-state index contributed by atoms with van der Waals surface area (Å²) in [5.41, 5.74) is -0.388. The van der Waals surface area contributed by atoms with Crippen molar-refractivity contribution in [3.8, 4) is 12.1 Å². The van der Waals surface area contributed by atoms with Crippen LogP contribution in [-0.4, -0.2) is 19.7 Å². The number of ether oxygens (including phenoxy) is 2. The smallest absolute Gasteiger partial charge is 0.375 e. The van der Waals surface area contributed by atoms with E-state index >= 15 is 0 Å². The highest BCUT2D eigenvalue weighted by atomic mass is 16.6. The van der Waals surface area contributed by atoms with Crippen LogP contribution < -0.4 is 0 Å². The molecule has 0 N–H and O–H groups in total. The predicted molar refractivity (Wildman–Crippen MR) is 41.9 cm³/mol. The highest BCUT2D eigenvalue weighted by Crippen LogP contribution is 2.05. The van der Waals surface area contributed by atoms with Crippen LogP contribution in [0.1, 0.15) is 6.92 Å². The summed E-state index contributed by atoms with van der Waals surface area (Å²) in [7, 11) is 1.20. The van der Waals surface area contributed by atoms with Crippen molar-refractivity contribution in [3.63, 3.8) is 0 Å². The predicted octanol–water partition coefficient (Wildman–Crippen LogP) is 0.497. The van der Waals surface area contributed by atoms with E-state index in [0.29, 0.717) is 0 Å². The summed E-state index contributed by atoms with van der Waals surface area (Å²) in [6.07, 6.45) is 0. The minimum absolute atomic E-state index is 0.163. The molecule has 0 saturated carbocycles. The number of nitrogens with zero attached hydrogens (tertiary/aromatic N) is 2. The second-order valence-corrected chi connectivity index (χ2v) is 1.85. The summed E-state index contributed by atoms with van der Waals surface area (Å²) in [5.74, 6) is -1.16. The highest BCUT2D eigenvalue weighted by Gasteiger charge is 2.17. The van der Waals surface area contributed by atoms with Crippen LogP contribution in [0.25, 0.3) is 0 Å². The quantitative estimate of drug-likeness (QED) is 0.273. The number of hydrogen-bond acceptors (Lipinski definition) is 5. The second-order valence-electron chi connectivity index (χ2n) is 1.85. The number of methoxy groups -OCH3 is 1. The molecule has 0 spiro atoms. The third-order valence-corrected chi connectivity index (χ3v) is 1.12. The lowest BCUT2D eigenvalue weighted by Gasteiger charge is -2.03.